The van der Waals surface area contributed by atoms with Gasteiger partial charge in [0.05, 0.1) is 17.0 Å². The maximum absolute atomic E-state index is 15.0. The van der Waals surface area contributed by atoms with Crippen LogP contribution in [0.4, 0.5) is 10.1 Å². The number of para-hydroxylation sites is 1. The fourth-order valence-electron chi connectivity index (χ4n) is 4.38. The standard InChI is InChI=1S/C25H32FN5O2/c1-3-9-28-24(32)21-22(27)18-6-4-5-17(23(18)29-25(21)33)19-14-16(7-8-20(19)26)15-31-12-10-30(2)11-13-31/h4-8,14,25,29,33H,3,9-13,15,27H2,1-2H3,(H,28,32). The summed E-state index contributed by atoms with van der Waals surface area (Å²) < 4.78 is 15.0. The molecular formula is C25H32FN5O2. The number of fused-ring (bicyclic) bond motifs is 1. The molecule has 0 aliphatic carbocycles. The summed E-state index contributed by atoms with van der Waals surface area (Å²) in [5.41, 5.74) is 9.74. The number of nitrogens with zero attached hydrogens (tertiary/aromatic N) is 2. The van der Waals surface area contributed by atoms with Crippen molar-refractivity contribution in [3.05, 3.63) is 58.9 Å². The highest BCUT2D eigenvalue weighted by atomic mass is 19.1. The van der Waals surface area contributed by atoms with Crippen LogP contribution in [0.2, 0.25) is 0 Å². The number of piperazine rings is 1. The predicted molar refractivity (Wildman–Crippen MR) is 129 cm³/mol. The van der Waals surface area contributed by atoms with E-state index < -0.39 is 12.1 Å². The first kappa shape index (κ1) is 23.2. The zero-order valence-corrected chi connectivity index (χ0v) is 19.2. The van der Waals surface area contributed by atoms with E-state index in [2.05, 4.69) is 27.5 Å². The molecule has 0 radical (unpaired) electrons. The maximum atomic E-state index is 15.0. The summed E-state index contributed by atoms with van der Waals surface area (Å²) >= 11 is 0. The summed E-state index contributed by atoms with van der Waals surface area (Å²) in [4.78, 5) is 17.2. The van der Waals surface area contributed by atoms with Crippen LogP contribution in [-0.2, 0) is 11.3 Å². The van der Waals surface area contributed by atoms with E-state index in [0.29, 0.717) is 28.9 Å². The molecule has 1 fully saturated rings. The first-order chi connectivity index (χ1) is 15.9. The molecule has 0 spiro atoms. The number of halogens is 1. The van der Waals surface area contributed by atoms with E-state index >= 15 is 0 Å². The van der Waals surface area contributed by atoms with Crippen LogP contribution in [-0.4, -0.2) is 66.8 Å². The smallest absolute Gasteiger partial charge is 0.253 e. The van der Waals surface area contributed by atoms with Crippen molar-refractivity contribution >= 4 is 17.3 Å². The number of hydrogen-bond donors (Lipinski definition) is 4. The minimum absolute atomic E-state index is 0.0809. The molecule has 5 N–H and O–H groups in total. The predicted octanol–water partition coefficient (Wildman–Crippen LogP) is 2.18. The molecule has 2 heterocycles. The van der Waals surface area contributed by atoms with E-state index in [1.54, 1.807) is 18.2 Å². The van der Waals surface area contributed by atoms with E-state index in [9.17, 15) is 14.3 Å². The molecule has 0 bridgehead atoms. The summed E-state index contributed by atoms with van der Waals surface area (Å²) in [5.74, 6) is -0.762. The van der Waals surface area contributed by atoms with Gasteiger partial charge in [-0.25, -0.2) is 4.39 Å². The molecule has 1 amide bonds. The van der Waals surface area contributed by atoms with E-state index in [-0.39, 0.29) is 17.1 Å². The van der Waals surface area contributed by atoms with Gasteiger partial charge in [0.2, 0.25) is 0 Å². The Hall–Kier alpha value is -2.94. The molecule has 33 heavy (non-hydrogen) atoms. The normalized spacial score (nSPS) is 19.2. The summed E-state index contributed by atoms with van der Waals surface area (Å²) in [6, 6.07) is 10.5. The molecule has 2 aliphatic rings. The van der Waals surface area contributed by atoms with Gasteiger partial charge in [0.1, 0.15) is 5.82 Å². The van der Waals surface area contributed by atoms with Crippen LogP contribution in [0.3, 0.4) is 0 Å². The second kappa shape index (κ2) is 9.91. The Morgan fingerprint density at radius 1 is 1.18 bits per heavy atom. The van der Waals surface area contributed by atoms with Gasteiger partial charge in [-0.1, -0.05) is 31.2 Å². The van der Waals surface area contributed by atoms with E-state index in [0.717, 1.165) is 44.7 Å². The fraction of sp³-hybridized carbons (Fsp3) is 0.400. The Kier molecular flexibility index (Phi) is 6.97. The Balaban J connectivity index is 1.67. The Morgan fingerprint density at radius 3 is 2.64 bits per heavy atom. The lowest BCUT2D eigenvalue weighted by Gasteiger charge is -2.32. The molecule has 0 aromatic heterocycles. The van der Waals surface area contributed by atoms with Crippen LogP contribution in [0.15, 0.2) is 42.0 Å². The van der Waals surface area contributed by atoms with Crippen molar-refractivity contribution in [2.75, 3.05) is 45.1 Å². The van der Waals surface area contributed by atoms with E-state index in [1.807, 2.05) is 19.1 Å². The second-order valence-electron chi connectivity index (χ2n) is 8.75. The van der Waals surface area contributed by atoms with Gasteiger partial charge in [-0.3, -0.25) is 9.69 Å². The fourth-order valence-corrected chi connectivity index (χ4v) is 4.38. The molecule has 1 atom stereocenters. The summed E-state index contributed by atoms with van der Waals surface area (Å²) in [7, 11) is 2.12. The van der Waals surface area contributed by atoms with Gasteiger partial charge in [-0.2, -0.15) is 0 Å². The lowest BCUT2D eigenvalue weighted by Crippen LogP contribution is -2.43. The highest BCUT2D eigenvalue weighted by Crippen LogP contribution is 2.39. The van der Waals surface area contributed by atoms with Crippen molar-refractivity contribution in [3.63, 3.8) is 0 Å². The quantitative estimate of drug-likeness (QED) is 0.536. The molecule has 0 saturated carbocycles. The third kappa shape index (κ3) is 4.88. The molecule has 1 unspecified atom stereocenters. The van der Waals surface area contributed by atoms with Crippen LogP contribution in [0.25, 0.3) is 16.8 Å². The highest BCUT2D eigenvalue weighted by molar-refractivity contribution is 6.06. The van der Waals surface area contributed by atoms with Crippen molar-refractivity contribution in [2.24, 2.45) is 5.73 Å². The largest absolute Gasteiger partial charge is 0.398 e. The van der Waals surface area contributed by atoms with Gasteiger partial charge in [0, 0.05) is 56.0 Å². The third-order valence-electron chi connectivity index (χ3n) is 6.30. The van der Waals surface area contributed by atoms with Gasteiger partial charge in [-0.05, 0) is 31.2 Å². The number of carbonyl (C=O) groups excluding carboxylic acids is 1. The number of aliphatic hydroxyl groups is 1. The molecular weight excluding hydrogens is 421 g/mol. The summed E-state index contributed by atoms with van der Waals surface area (Å²) in [5, 5.41) is 16.4. The molecule has 4 rings (SSSR count). The van der Waals surface area contributed by atoms with E-state index in [4.69, 9.17) is 5.73 Å². The number of anilines is 1. The van der Waals surface area contributed by atoms with Crippen LogP contribution in [0.5, 0.6) is 0 Å². The average molecular weight is 454 g/mol. The molecule has 2 aromatic carbocycles. The van der Waals surface area contributed by atoms with Crippen molar-refractivity contribution in [2.45, 2.75) is 26.1 Å². The number of aliphatic hydroxyl groups excluding tert-OH is 1. The van der Waals surface area contributed by atoms with Gasteiger partial charge in [0.15, 0.2) is 6.23 Å². The highest BCUT2D eigenvalue weighted by Gasteiger charge is 2.30. The van der Waals surface area contributed by atoms with Gasteiger partial charge >= 0.3 is 0 Å². The average Bonchev–Trinajstić information content (AvgIpc) is 2.80. The molecule has 7 nitrogen and oxygen atoms in total. The Labute approximate surface area is 194 Å². The topological polar surface area (TPSA) is 93.9 Å². The zero-order valence-electron chi connectivity index (χ0n) is 19.2. The van der Waals surface area contributed by atoms with Crippen LogP contribution < -0.4 is 16.4 Å². The number of rotatable bonds is 6. The van der Waals surface area contributed by atoms with Crippen molar-refractivity contribution in [1.82, 2.24) is 15.1 Å². The third-order valence-corrected chi connectivity index (χ3v) is 6.30. The number of benzene rings is 2. The molecule has 1 saturated heterocycles. The number of hydrogen-bond acceptors (Lipinski definition) is 6. The molecule has 2 aliphatic heterocycles. The van der Waals surface area contributed by atoms with Gasteiger partial charge in [0.25, 0.3) is 5.91 Å². The Morgan fingerprint density at radius 2 is 1.91 bits per heavy atom. The first-order valence-corrected chi connectivity index (χ1v) is 11.4. The van der Waals surface area contributed by atoms with E-state index in [1.165, 1.54) is 6.07 Å². The molecule has 8 heteroatoms. The van der Waals surface area contributed by atoms with Crippen LogP contribution in [0, 0.1) is 5.82 Å². The minimum Gasteiger partial charge on any atom is -0.398 e. The van der Waals surface area contributed by atoms with Crippen LogP contribution >= 0.6 is 0 Å². The molecule has 176 valence electrons. The van der Waals surface area contributed by atoms with Crippen molar-refractivity contribution in [1.29, 1.82) is 0 Å². The number of amides is 1. The van der Waals surface area contributed by atoms with Crippen molar-refractivity contribution in [3.8, 4) is 11.1 Å². The summed E-state index contributed by atoms with van der Waals surface area (Å²) in [6.07, 6.45) is -0.514. The minimum atomic E-state index is -1.29. The Bertz CT molecular complexity index is 1060. The van der Waals surface area contributed by atoms with Crippen LogP contribution in [0.1, 0.15) is 24.5 Å². The molecule has 2 aromatic rings. The maximum Gasteiger partial charge on any atom is 0.253 e. The monoisotopic (exact) mass is 453 g/mol. The SMILES string of the molecule is CCCNC(=O)C1=C(N)c2cccc(-c3cc(CN4CCN(C)CC4)ccc3F)c2NC1O. The lowest BCUT2D eigenvalue weighted by molar-refractivity contribution is -0.118. The number of likely N-dealkylation sites (N-methyl/N-ethyl adjacent to an activating group) is 1. The van der Waals surface area contributed by atoms with Gasteiger partial charge < -0.3 is 26.4 Å². The second-order valence-corrected chi connectivity index (χ2v) is 8.75. The first-order valence-electron chi connectivity index (χ1n) is 11.4. The number of nitrogens with one attached hydrogen (secondary N) is 2. The number of carbonyl (C=O) groups is 1. The number of nitrogens with two attached hydrogens (primary N) is 1. The zero-order chi connectivity index (χ0) is 23.5. The van der Waals surface area contributed by atoms with Gasteiger partial charge in [-0.15, -0.1) is 0 Å². The lowest BCUT2D eigenvalue weighted by atomic mass is 9.92. The van der Waals surface area contributed by atoms with Crippen molar-refractivity contribution < 1.29 is 14.3 Å². The summed E-state index contributed by atoms with van der Waals surface area (Å²) in [6.45, 7) is 7.16.